The van der Waals surface area contributed by atoms with Gasteiger partial charge in [-0.3, -0.25) is 0 Å². The molecule has 1 saturated carbocycles. The Hall–Kier alpha value is -1.50. The zero-order valence-electron chi connectivity index (χ0n) is 9.03. The molecule has 0 unspecified atom stereocenters. The minimum atomic E-state index is 0.453. The standard InChI is InChI=1S/C11H16N4/c1-2-15-11(13)9(7-12)10(14-15)8-5-3-4-6-8/h8H,2-6,13H2,1H3. The van der Waals surface area contributed by atoms with E-state index in [0.29, 0.717) is 17.3 Å². The number of nitrogens with two attached hydrogens (primary N) is 1. The van der Waals surface area contributed by atoms with Crippen molar-refractivity contribution in [3.63, 3.8) is 0 Å². The molecule has 2 N–H and O–H groups in total. The maximum atomic E-state index is 9.09. The van der Waals surface area contributed by atoms with Crippen LogP contribution < -0.4 is 5.73 Å². The lowest BCUT2D eigenvalue weighted by molar-refractivity contribution is 0.619. The van der Waals surface area contributed by atoms with Crippen LogP contribution in [-0.2, 0) is 6.54 Å². The summed E-state index contributed by atoms with van der Waals surface area (Å²) in [5, 5.41) is 13.5. The lowest BCUT2D eigenvalue weighted by Gasteiger charge is -2.04. The van der Waals surface area contributed by atoms with Gasteiger partial charge in [-0.1, -0.05) is 12.8 Å². The second kappa shape index (κ2) is 3.93. The number of nitrogen functional groups attached to an aromatic ring is 1. The highest BCUT2D eigenvalue weighted by Crippen LogP contribution is 2.36. The van der Waals surface area contributed by atoms with Crippen molar-refractivity contribution in [1.82, 2.24) is 9.78 Å². The van der Waals surface area contributed by atoms with Crippen LogP contribution in [0.2, 0.25) is 0 Å². The fourth-order valence-electron chi connectivity index (χ4n) is 2.33. The molecule has 0 amide bonds. The summed E-state index contributed by atoms with van der Waals surface area (Å²) in [6.45, 7) is 2.72. The highest BCUT2D eigenvalue weighted by molar-refractivity contribution is 5.53. The van der Waals surface area contributed by atoms with E-state index in [1.165, 1.54) is 12.8 Å². The van der Waals surface area contributed by atoms with Crippen LogP contribution in [0.1, 0.15) is 49.8 Å². The van der Waals surface area contributed by atoms with E-state index in [4.69, 9.17) is 11.0 Å². The van der Waals surface area contributed by atoms with Crippen LogP contribution in [0.3, 0.4) is 0 Å². The molecule has 0 aliphatic heterocycles. The van der Waals surface area contributed by atoms with Crippen molar-refractivity contribution in [2.24, 2.45) is 0 Å². The van der Waals surface area contributed by atoms with Gasteiger partial charge < -0.3 is 5.73 Å². The Bertz CT molecular complexity index is 393. The minimum absolute atomic E-state index is 0.453. The highest BCUT2D eigenvalue weighted by Gasteiger charge is 2.25. The molecule has 80 valence electrons. The summed E-state index contributed by atoms with van der Waals surface area (Å²) >= 11 is 0. The number of hydrogen-bond donors (Lipinski definition) is 1. The van der Waals surface area contributed by atoms with Gasteiger partial charge in [-0.2, -0.15) is 10.4 Å². The van der Waals surface area contributed by atoms with Crippen molar-refractivity contribution in [3.05, 3.63) is 11.3 Å². The Kier molecular flexibility index (Phi) is 2.63. The van der Waals surface area contributed by atoms with Gasteiger partial charge >= 0.3 is 0 Å². The van der Waals surface area contributed by atoms with Gasteiger partial charge in [0.2, 0.25) is 0 Å². The van der Waals surface area contributed by atoms with Gasteiger partial charge in [-0.05, 0) is 19.8 Å². The third-order valence-corrected chi connectivity index (χ3v) is 3.17. The molecule has 4 heteroatoms. The SMILES string of the molecule is CCn1nc(C2CCCC2)c(C#N)c1N. The predicted molar refractivity (Wildman–Crippen MR) is 58.2 cm³/mol. The van der Waals surface area contributed by atoms with Crippen molar-refractivity contribution in [1.29, 1.82) is 5.26 Å². The van der Waals surface area contributed by atoms with Crippen molar-refractivity contribution in [2.45, 2.75) is 45.1 Å². The lowest BCUT2D eigenvalue weighted by Crippen LogP contribution is -2.02. The molecule has 0 radical (unpaired) electrons. The molecule has 0 saturated heterocycles. The molecule has 0 atom stereocenters. The lowest BCUT2D eigenvalue weighted by atomic mass is 10.0. The molecular weight excluding hydrogens is 188 g/mol. The van der Waals surface area contributed by atoms with Crippen molar-refractivity contribution in [3.8, 4) is 6.07 Å². The first kappa shape index (κ1) is 10.0. The number of aromatic nitrogens is 2. The van der Waals surface area contributed by atoms with E-state index in [-0.39, 0.29) is 0 Å². The van der Waals surface area contributed by atoms with Crippen LogP contribution in [0.5, 0.6) is 0 Å². The summed E-state index contributed by atoms with van der Waals surface area (Å²) in [6.07, 6.45) is 4.78. The molecule has 2 rings (SSSR count). The second-order valence-electron chi connectivity index (χ2n) is 4.05. The molecule has 0 bridgehead atoms. The predicted octanol–water partition coefficient (Wildman–Crippen LogP) is 2.01. The van der Waals surface area contributed by atoms with Crippen LogP contribution in [0.4, 0.5) is 5.82 Å². The molecular formula is C11H16N4. The van der Waals surface area contributed by atoms with Crippen molar-refractivity contribution >= 4 is 5.82 Å². The largest absolute Gasteiger partial charge is 0.383 e. The molecule has 1 aromatic heterocycles. The average molecular weight is 204 g/mol. The maximum Gasteiger partial charge on any atom is 0.140 e. The van der Waals surface area contributed by atoms with E-state index in [2.05, 4.69) is 11.2 Å². The van der Waals surface area contributed by atoms with Gasteiger partial charge in [-0.15, -0.1) is 0 Å². The Balaban J connectivity index is 2.42. The number of aryl methyl sites for hydroxylation is 1. The van der Waals surface area contributed by atoms with E-state index >= 15 is 0 Å². The molecule has 1 heterocycles. The molecule has 1 fully saturated rings. The van der Waals surface area contributed by atoms with Gasteiger partial charge in [0, 0.05) is 12.5 Å². The average Bonchev–Trinajstić information content (AvgIpc) is 2.84. The quantitative estimate of drug-likeness (QED) is 0.801. The number of hydrogen-bond acceptors (Lipinski definition) is 3. The van der Waals surface area contributed by atoms with E-state index in [9.17, 15) is 0 Å². The number of anilines is 1. The highest BCUT2D eigenvalue weighted by atomic mass is 15.3. The summed E-state index contributed by atoms with van der Waals surface area (Å²) in [5.41, 5.74) is 7.40. The molecule has 1 aliphatic carbocycles. The minimum Gasteiger partial charge on any atom is -0.383 e. The van der Waals surface area contributed by atoms with Crippen LogP contribution in [0.25, 0.3) is 0 Å². The summed E-state index contributed by atoms with van der Waals surface area (Å²) in [6, 6.07) is 2.19. The van der Waals surface area contributed by atoms with Gasteiger partial charge in [0.1, 0.15) is 17.5 Å². The second-order valence-corrected chi connectivity index (χ2v) is 4.05. The summed E-state index contributed by atoms with van der Waals surface area (Å²) < 4.78 is 1.73. The van der Waals surface area contributed by atoms with E-state index < -0.39 is 0 Å². The van der Waals surface area contributed by atoms with E-state index in [0.717, 1.165) is 25.1 Å². The van der Waals surface area contributed by atoms with Crippen LogP contribution in [0.15, 0.2) is 0 Å². The van der Waals surface area contributed by atoms with E-state index in [1.54, 1.807) is 4.68 Å². The van der Waals surface area contributed by atoms with Gasteiger partial charge in [-0.25, -0.2) is 4.68 Å². The van der Waals surface area contributed by atoms with Crippen LogP contribution in [-0.4, -0.2) is 9.78 Å². The monoisotopic (exact) mass is 204 g/mol. The van der Waals surface area contributed by atoms with Crippen molar-refractivity contribution in [2.75, 3.05) is 5.73 Å². The van der Waals surface area contributed by atoms with E-state index in [1.807, 2.05) is 6.92 Å². The fraction of sp³-hybridized carbons (Fsp3) is 0.636. The maximum absolute atomic E-state index is 9.09. The van der Waals surface area contributed by atoms with Gasteiger partial charge in [0.15, 0.2) is 0 Å². The first-order valence-electron chi connectivity index (χ1n) is 5.54. The van der Waals surface area contributed by atoms with Gasteiger partial charge in [0.05, 0.1) is 5.69 Å². The molecule has 1 aliphatic rings. The topological polar surface area (TPSA) is 67.6 Å². The fourth-order valence-corrected chi connectivity index (χ4v) is 2.33. The Morgan fingerprint density at radius 1 is 1.53 bits per heavy atom. The molecule has 0 spiro atoms. The molecule has 1 aromatic rings. The molecule has 0 aromatic carbocycles. The number of rotatable bonds is 2. The molecule has 4 nitrogen and oxygen atoms in total. The first-order chi connectivity index (χ1) is 7.27. The number of nitriles is 1. The summed E-state index contributed by atoms with van der Waals surface area (Å²) in [7, 11) is 0. The Labute approximate surface area is 89.7 Å². The third-order valence-electron chi connectivity index (χ3n) is 3.17. The Morgan fingerprint density at radius 2 is 2.20 bits per heavy atom. The Morgan fingerprint density at radius 3 is 2.73 bits per heavy atom. The zero-order chi connectivity index (χ0) is 10.8. The van der Waals surface area contributed by atoms with Crippen LogP contribution >= 0.6 is 0 Å². The third kappa shape index (κ3) is 1.58. The first-order valence-corrected chi connectivity index (χ1v) is 5.54. The van der Waals surface area contributed by atoms with Crippen LogP contribution in [0, 0.1) is 11.3 Å². The zero-order valence-corrected chi connectivity index (χ0v) is 9.03. The molecule has 15 heavy (non-hydrogen) atoms. The van der Waals surface area contributed by atoms with Gasteiger partial charge in [0.25, 0.3) is 0 Å². The summed E-state index contributed by atoms with van der Waals surface area (Å²) in [4.78, 5) is 0. The summed E-state index contributed by atoms with van der Waals surface area (Å²) in [5.74, 6) is 0.983. The normalized spacial score (nSPS) is 16.8. The van der Waals surface area contributed by atoms with Crippen molar-refractivity contribution < 1.29 is 0 Å². The smallest absolute Gasteiger partial charge is 0.140 e. The number of nitrogens with zero attached hydrogens (tertiary/aromatic N) is 3.